The van der Waals surface area contributed by atoms with Crippen LogP contribution in [0.1, 0.15) is 28.6 Å². The molecule has 0 amide bonds. The molecular formula is C16H15ClF3N3O. The average Bonchev–Trinajstić information content (AvgIpc) is 2.55. The molecule has 128 valence electrons. The summed E-state index contributed by atoms with van der Waals surface area (Å²) in [4.78, 5) is 7.55. The summed E-state index contributed by atoms with van der Waals surface area (Å²) in [6.07, 6.45) is -2.64. The fraction of sp³-hybridized carbons (Fsp3) is 0.375. The molecule has 1 aliphatic heterocycles. The van der Waals surface area contributed by atoms with Gasteiger partial charge in [-0.15, -0.1) is 0 Å². The first kappa shape index (κ1) is 17.1. The van der Waals surface area contributed by atoms with Crippen LogP contribution in [0.4, 0.5) is 13.2 Å². The highest BCUT2D eigenvalue weighted by Crippen LogP contribution is 2.29. The SMILES string of the molecule is FC(F)(F)c1cnc(Cc2ccc([C@@H]3CNCCO3)c(Cl)c2)nc1. The van der Waals surface area contributed by atoms with E-state index in [1.165, 1.54) is 0 Å². The smallest absolute Gasteiger partial charge is 0.371 e. The second-order valence-electron chi connectivity index (χ2n) is 5.48. The Hall–Kier alpha value is -1.70. The predicted molar refractivity (Wildman–Crippen MR) is 82.9 cm³/mol. The molecule has 2 heterocycles. The molecule has 0 saturated carbocycles. The maximum absolute atomic E-state index is 12.5. The highest BCUT2D eigenvalue weighted by Gasteiger charge is 2.31. The van der Waals surface area contributed by atoms with Crippen molar-refractivity contribution in [1.82, 2.24) is 15.3 Å². The molecule has 1 fully saturated rings. The highest BCUT2D eigenvalue weighted by atomic mass is 35.5. The van der Waals surface area contributed by atoms with Crippen LogP contribution < -0.4 is 5.32 Å². The Labute approximate surface area is 142 Å². The molecule has 1 atom stereocenters. The maximum atomic E-state index is 12.5. The van der Waals surface area contributed by atoms with Crippen molar-refractivity contribution >= 4 is 11.6 Å². The van der Waals surface area contributed by atoms with Crippen LogP contribution in [0, 0.1) is 0 Å². The van der Waals surface area contributed by atoms with Crippen LogP contribution in [0.2, 0.25) is 5.02 Å². The molecule has 24 heavy (non-hydrogen) atoms. The topological polar surface area (TPSA) is 47.0 Å². The van der Waals surface area contributed by atoms with E-state index in [-0.39, 0.29) is 6.10 Å². The summed E-state index contributed by atoms with van der Waals surface area (Å²) in [6, 6.07) is 5.51. The molecule has 0 spiro atoms. The number of aromatic nitrogens is 2. The van der Waals surface area contributed by atoms with Crippen LogP contribution in [0.3, 0.4) is 0 Å². The normalized spacial score (nSPS) is 18.6. The van der Waals surface area contributed by atoms with E-state index >= 15 is 0 Å². The summed E-state index contributed by atoms with van der Waals surface area (Å²) < 4.78 is 43.2. The van der Waals surface area contributed by atoms with E-state index in [2.05, 4.69) is 15.3 Å². The van der Waals surface area contributed by atoms with E-state index in [1.54, 1.807) is 6.07 Å². The average molecular weight is 358 g/mol. The van der Waals surface area contributed by atoms with Gasteiger partial charge in [0.1, 0.15) is 5.82 Å². The minimum Gasteiger partial charge on any atom is -0.371 e. The van der Waals surface area contributed by atoms with Gasteiger partial charge in [-0.05, 0) is 11.6 Å². The predicted octanol–water partition coefficient (Wildman–Crippen LogP) is 3.40. The first-order valence-electron chi connectivity index (χ1n) is 7.42. The van der Waals surface area contributed by atoms with Gasteiger partial charge in [-0.1, -0.05) is 23.7 Å². The van der Waals surface area contributed by atoms with Crippen LogP contribution in [0.25, 0.3) is 0 Å². The zero-order chi connectivity index (χ0) is 17.2. The van der Waals surface area contributed by atoms with Crippen LogP contribution in [-0.4, -0.2) is 29.7 Å². The molecule has 0 radical (unpaired) electrons. The number of nitrogens with zero attached hydrogens (tertiary/aromatic N) is 2. The molecule has 1 N–H and O–H groups in total. The molecule has 3 rings (SSSR count). The van der Waals surface area contributed by atoms with Gasteiger partial charge in [0.05, 0.1) is 18.3 Å². The lowest BCUT2D eigenvalue weighted by Crippen LogP contribution is -2.33. The number of rotatable bonds is 3. The summed E-state index contributed by atoms with van der Waals surface area (Å²) in [7, 11) is 0. The van der Waals surface area contributed by atoms with Crippen molar-refractivity contribution in [3.05, 3.63) is 58.1 Å². The summed E-state index contributed by atoms with van der Waals surface area (Å²) in [6.45, 7) is 2.14. The van der Waals surface area contributed by atoms with Crippen molar-refractivity contribution in [3.8, 4) is 0 Å². The van der Waals surface area contributed by atoms with E-state index in [4.69, 9.17) is 16.3 Å². The second-order valence-corrected chi connectivity index (χ2v) is 5.89. The van der Waals surface area contributed by atoms with Gasteiger partial charge < -0.3 is 10.1 Å². The third-order valence-corrected chi connectivity index (χ3v) is 4.06. The zero-order valence-corrected chi connectivity index (χ0v) is 13.4. The van der Waals surface area contributed by atoms with Gasteiger partial charge in [-0.2, -0.15) is 13.2 Å². The molecule has 1 saturated heterocycles. The molecule has 1 aliphatic rings. The van der Waals surface area contributed by atoms with Gasteiger partial charge in [-0.3, -0.25) is 0 Å². The van der Waals surface area contributed by atoms with Crippen molar-refractivity contribution in [2.45, 2.75) is 18.7 Å². The lowest BCUT2D eigenvalue weighted by Gasteiger charge is -2.24. The highest BCUT2D eigenvalue weighted by molar-refractivity contribution is 6.31. The van der Waals surface area contributed by atoms with E-state index in [1.807, 2.05) is 12.1 Å². The Morgan fingerprint density at radius 3 is 2.58 bits per heavy atom. The van der Waals surface area contributed by atoms with Gasteiger partial charge in [0.25, 0.3) is 0 Å². The van der Waals surface area contributed by atoms with Gasteiger partial charge >= 0.3 is 6.18 Å². The third-order valence-electron chi connectivity index (χ3n) is 3.73. The molecule has 8 heteroatoms. The van der Waals surface area contributed by atoms with E-state index < -0.39 is 11.7 Å². The van der Waals surface area contributed by atoms with Gasteiger partial charge in [0.15, 0.2) is 0 Å². The van der Waals surface area contributed by atoms with Crippen molar-refractivity contribution in [1.29, 1.82) is 0 Å². The molecule has 2 aromatic rings. The molecule has 0 unspecified atom stereocenters. The minimum absolute atomic E-state index is 0.0948. The first-order valence-corrected chi connectivity index (χ1v) is 7.80. The third kappa shape index (κ3) is 4.03. The van der Waals surface area contributed by atoms with Gasteiger partial charge in [-0.25, -0.2) is 9.97 Å². The molecule has 4 nitrogen and oxygen atoms in total. The Balaban J connectivity index is 1.72. The van der Waals surface area contributed by atoms with Gasteiger partial charge in [0.2, 0.25) is 0 Å². The maximum Gasteiger partial charge on any atom is 0.419 e. The number of nitrogens with one attached hydrogen (secondary N) is 1. The standard InChI is InChI=1S/C16H15ClF3N3O/c17-13-5-10(1-2-12(13)14-9-21-3-4-24-14)6-15-22-7-11(8-23-15)16(18,19)20/h1-2,5,7-8,14,21H,3-4,6,9H2/t14-/m0/s1. The zero-order valence-electron chi connectivity index (χ0n) is 12.6. The molecule has 1 aromatic carbocycles. The number of morpholine rings is 1. The minimum atomic E-state index is -4.43. The number of halogens is 4. The summed E-state index contributed by atoms with van der Waals surface area (Å²) >= 11 is 6.32. The van der Waals surface area contributed by atoms with Crippen LogP contribution >= 0.6 is 11.6 Å². The van der Waals surface area contributed by atoms with Crippen molar-refractivity contribution in [2.24, 2.45) is 0 Å². The number of hydrogen-bond donors (Lipinski definition) is 1. The van der Waals surface area contributed by atoms with Gasteiger partial charge in [0, 0.05) is 42.5 Å². The number of ether oxygens (including phenoxy) is 1. The van der Waals surface area contributed by atoms with Crippen molar-refractivity contribution in [2.75, 3.05) is 19.7 Å². The van der Waals surface area contributed by atoms with E-state index in [0.29, 0.717) is 30.4 Å². The van der Waals surface area contributed by atoms with Crippen molar-refractivity contribution < 1.29 is 17.9 Å². The van der Waals surface area contributed by atoms with E-state index in [9.17, 15) is 13.2 Å². The fourth-order valence-corrected chi connectivity index (χ4v) is 2.81. The quantitative estimate of drug-likeness (QED) is 0.914. The molecule has 1 aromatic heterocycles. The summed E-state index contributed by atoms with van der Waals surface area (Å²) in [5, 5.41) is 3.80. The lowest BCUT2D eigenvalue weighted by molar-refractivity contribution is -0.138. The summed E-state index contributed by atoms with van der Waals surface area (Å²) in [5.74, 6) is 0.308. The Morgan fingerprint density at radius 2 is 2.00 bits per heavy atom. The Kier molecular flexibility index (Phi) is 5.03. The Morgan fingerprint density at radius 1 is 1.25 bits per heavy atom. The molecule has 0 bridgehead atoms. The van der Waals surface area contributed by atoms with Crippen LogP contribution in [0.15, 0.2) is 30.6 Å². The Bertz CT molecular complexity index is 701. The van der Waals surface area contributed by atoms with Crippen LogP contribution in [-0.2, 0) is 17.3 Å². The fourth-order valence-electron chi connectivity index (χ4n) is 2.48. The van der Waals surface area contributed by atoms with Crippen molar-refractivity contribution in [3.63, 3.8) is 0 Å². The number of benzene rings is 1. The molecule has 0 aliphatic carbocycles. The second kappa shape index (κ2) is 7.04. The van der Waals surface area contributed by atoms with E-state index in [0.717, 1.165) is 30.1 Å². The number of alkyl halides is 3. The lowest BCUT2D eigenvalue weighted by atomic mass is 10.0. The molecular weight excluding hydrogens is 343 g/mol. The van der Waals surface area contributed by atoms with Crippen LogP contribution in [0.5, 0.6) is 0 Å². The number of hydrogen-bond acceptors (Lipinski definition) is 4. The monoisotopic (exact) mass is 357 g/mol. The first-order chi connectivity index (χ1) is 11.4. The largest absolute Gasteiger partial charge is 0.419 e. The summed E-state index contributed by atoms with van der Waals surface area (Å²) in [5.41, 5.74) is 0.856.